The second-order valence-electron chi connectivity index (χ2n) is 9.27. The lowest BCUT2D eigenvalue weighted by Crippen LogP contribution is -2.21. The van der Waals surface area contributed by atoms with E-state index in [1.807, 2.05) is 68.1 Å². The lowest BCUT2D eigenvalue weighted by molar-refractivity contribution is -0.116. The minimum atomic E-state index is -4.26. The molecule has 1 heterocycles. The zero-order valence-corrected chi connectivity index (χ0v) is 21.4. The Morgan fingerprint density at radius 3 is 2.41 bits per heavy atom. The van der Waals surface area contributed by atoms with Gasteiger partial charge in [0.05, 0.1) is 16.6 Å². The van der Waals surface area contributed by atoms with Crippen LogP contribution in [0, 0.1) is 0 Å². The van der Waals surface area contributed by atoms with Gasteiger partial charge in [-0.1, -0.05) is 43.3 Å². The van der Waals surface area contributed by atoms with Crippen molar-refractivity contribution in [2.24, 2.45) is 0 Å². The van der Waals surface area contributed by atoms with Gasteiger partial charge >= 0.3 is 0 Å². The average molecular weight is 517 g/mol. The summed E-state index contributed by atoms with van der Waals surface area (Å²) in [6.45, 7) is 1.88. The molecule has 1 unspecified atom stereocenters. The van der Waals surface area contributed by atoms with Crippen LogP contribution in [0.5, 0.6) is 0 Å². The van der Waals surface area contributed by atoms with Crippen LogP contribution in [0.3, 0.4) is 0 Å². The van der Waals surface area contributed by atoms with Gasteiger partial charge in [0.1, 0.15) is 25.3 Å². The molecule has 3 aromatic rings. The van der Waals surface area contributed by atoms with Crippen molar-refractivity contribution < 1.29 is 22.2 Å². The zero-order valence-electron chi connectivity index (χ0n) is 20.6. The number of benzene rings is 4. The van der Waals surface area contributed by atoms with Gasteiger partial charge in [0.2, 0.25) is 11.3 Å². The average Bonchev–Trinajstić information content (AvgIpc) is 2.87. The number of hydrogen-bond acceptors (Lipinski definition) is 5. The number of fused-ring (bicyclic) bond motifs is 4. The fourth-order valence-electron chi connectivity index (χ4n) is 4.39. The summed E-state index contributed by atoms with van der Waals surface area (Å²) in [6.07, 6.45) is 0.177. The van der Waals surface area contributed by atoms with Crippen molar-refractivity contribution in [1.29, 1.82) is 0 Å². The van der Waals surface area contributed by atoms with Gasteiger partial charge in [0, 0.05) is 29.3 Å². The zero-order chi connectivity index (χ0) is 26.3. The smallest absolute Gasteiger partial charge is 0.294 e. The SMILES string of the molecule is CC(CC(=O)Nc1cc2oc3cc(=[N+](C)C)ccc-3nc2c2ccccc12)c1ccc(S(=O)(=O)O)cc1. The Kier molecular flexibility index (Phi) is 6.26. The maximum absolute atomic E-state index is 13.0. The van der Waals surface area contributed by atoms with Crippen molar-refractivity contribution in [2.75, 3.05) is 19.4 Å². The topological polar surface area (TPSA) is 113 Å². The highest BCUT2D eigenvalue weighted by molar-refractivity contribution is 7.85. The Hall–Kier alpha value is -4.08. The molecule has 0 saturated carbocycles. The van der Waals surface area contributed by atoms with E-state index in [1.54, 1.807) is 18.2 Å². The van der Waals surface area contributed by atoms with Crippen LogP contribution in [0.15, 0.2) is 82.1 Å². The maximum Gasteiger partial charge on any atom is 0.294 e. The first-order chi connectivity index (χ1) is 17.6. The molecule has 0 saturated heterocycles. The van der Waals surface area contributed by atoms with Crippen molar-refractivity contribution in [1.82, 2.24) is 9.56 Å². The standard InChI is InChI=1S/C28H25N3O5S/c1-17(18-8-11-20(12-9-18)37(33,34)35)14-27(32)29-24-16-26-28(22-7-5-4-6-21(22)24)30-23-13-10-19(31(2)3)15-25(23)36-26/h4-13,15-17H,14H2,1-3H3,(H,33,34,35)/p+1. The molecule has 9 heteroatoms. The van der Waals surface area contributed by atoms with Crippen LogP contribution in [0.4, 0.5) is 5.69 Å². The molecular weight excluding hydrogens is 490 g/mol. The van der Waals surface area contributed by atoms with Gasteiger partial charge in [0.15, 0.2) is 11.3 Å². The van der Waals surface area contributed by atoms with Gasteiger partial charge in [-0.25, -0.2) is 9.56 Å². The molecule has 0 aromatic heterocycles. The molecule has 3 aromatic carbocycles. The predicted molar refractivity (Wildman–Crippen MR) is 143 cm³/mol. The Balaban J connectivity index is 1.49. The molecule has 0 fully saturated rings. The summed E-state index contributed by atoms with van der Waals surface area (Å²) in [7, 11) is -0.346. The van der Waals surface area contributed by atoms with Gasteiger partial charge in [-0.15, -0.1) is 0 Å². The van der Waals surface area contributed by atoms with Crippen molar-refractivity contribution >= 4 is 43.6 Å². The monoisotopic (exact) mass is 516 g/mol. The molecule has 0 spiro atoms. The molecule has 2 aliphatic rings. The van der Waals surface area contributed by atoms with E-state index in [0.717, 1.165) is 27.4 Å². The van der Waals surface area contributed by atoms with Gasteiger partial charge in [-0.3, -0.25) is 9.35 Å². The quantitative estimate of drug-likeness (QED) is 0.154. The molecule has 0 bridgehead atoms. The number of nitrogens with one attached hydrogen (secondary N) is 1. The summed E-state index contributed by atoms with van der Waals surface area (Å²) >= 11 is 0. The first-order valence-corrected chi connectivity index (χ1v) is 13.2. The minimum Gasteiger partial charge on any atom is -0.452 e. The lowest BCUT2D eigenvalue weighted by Gasteiger charge is -2.15. The summed E-state index contributed by atoms with van der Waals surface area (Å²) < 4.78 is 40.0. The van der Waals surface area contributed by atoms with Crippen LogP contribution < -0.4 is 15.2 Å². The van der Waals surface area contributed by atoms with E-state index in [9.17, 15) is 17.8 Å². The third-order valence-corrected chi connectivity index (χ3v) is 7.27. The molecule has 37 heavy (non-hydrogen) atoms. The number of anilines is 1. The van der Waals surface area contributed by atoms with Gasteiger partial charge in [-0.2, -0.15) is 8.42 Å². The van der Waals surface area contributed by atoms with E-state index in [4.69, 9.17) is 9.40 Å². The Labute approximate surface area is 214 Å². The minimum absolute atomic E-state index is 0.177. The van der Waals surface area contributed by atoms with Crippen molar-refractivity contribution in [3.05, 3.63) is 83.7 Å². The van der Waals surface area contributed by atoms with E-state index >= 15 is 0 Å². The van der Waals surface area contributed by atoms with Crippen molar-refractivity contribution in [3.63, 3.8) is 0 Å². The Morgan fingerprint density at radius 1 is 1.03 bits per heavy atom. The number of hydrogen-bond donors (Lipinski definition) is 2. The fourth-order valence-corrected chi connectivity index (χ4v) is 4.87. The third-order valence-electron chi connectivity index (χ3n) is 6.41. The van der Waals surface area contributed by atoms with Crippen LogP contribution in [0.2, 0.25) is 0 Å². The first kappa shape index (κ1) is 24.6. The van der Waals surface area contributed by atoms with Gasteiger partial charge in [0.25, 0.3) is 10.1 Å². The number of aromatic nitrogens is 1. The first-order valence-electron chi connectivity index (χ1n) is 11.7. The number of carbonyl (C=O) groups is 1. The van der Waals surface area contributed by atoms with Crippen LogP contribution in [-0.2, 0) is 14.9 Å². The van der Waals surface area contributed by atoms with E-state index in [-0.39, 0.29) is 23.1 Å². The maximum atomic E-state index is 13.0. The van der Waals surface area contributed by atoms with E-state index in [0.29, 0.717) is 22.5 Å². The van der Waals surface area contributed by atoms with Gasteiger partial charge in [-0.05, 0) is 29.7 Å². The number of carbonyl (C=O) groups excluding carboxylic acids is 1. The van der Waals surface area contributed by atoms with E-state index in [1.165, 1.54) is 12.1 Å². The molecule has 1 aliphatic heterocycles. The van der Waals surface area contributed by atoms with Crippen LogP contribution >= 0.6 is 0 Å². The normalized spacial score (nSPS) is 12.6. The Bertz CT molecular complexity index is 1800. The Morgan fingerprint density at radius 2 is 1.73 bits per heavy atom. The van der Waals surface area contributed by atoms with E-state index < -0.39 is 10.1 Å². The molecule has 1 amide bonds. The summed E-state index contributed by atoms with van der Waals surface area (Å²) in [6, 6.07) is 21.2. The summed E-state index contributed by atoms with van der Waals surface area (Å²) in [4.78, 5) is 17.7. The van der Waals surface area contributed by atoms with Crippen LogP contribution in [-0.4, -0.2) is 38.0 Å². The molecular formula is C28H26N3O5S+. The summed E-state index contributed by atoms with van der Waals surface area (Å²) in [5.74, 6) is 0.273. The van der Waals surface area contributed by atoms with Gasteiger partial charge < -0.3 is 9.73 Å². The predicted octanol–water partition coefficient (Wildman–Crippen LogP) is 4.50. The molecule has 5 rings (SSSR count). The fraction of sp³-hybridized carbons (Fsp3) is 0.179. The molecule has 8 nitrogen and oxygen atoms in total. The molecule has 2 N–H and O–H groups in total. The lowest BCUT2D eigenvalue weighted by atomic mass is 9.97. The van der Waals surface area contributed by atoms with Crippen LogP contribution in [0.25, 0.3) is 33.3 Å². The summed E-state index contributed by atoms with van der Waals surface area (Å²) in [5.41, 5.74) is 3.43. The second kappa shape index (κ2) is 9.42. The highest BCUT2D eigenvalue weighted by Crippen LogP contribution is 2.34. The van der Waals surface area contributed by atoms with Crippen molar-refractivity contribution in [2.45, 2.75) is 24.2 Å². The second-order valence-corrected chi connectivity index (χ2v) is 10.7. The highest BCUT2D eigenvalue weighted by Gasteiger charge is 2.18. The summed E-state index contributed by atoms with van der Waals surface area (Å²) in [5, 5.41) is 5.73. The molecule has 188 valence electrons. The molecule has 1 aliphatic carbocycles. The molecule has 1 atom stereocenters. The van der Waals surface area contributed by atoms with E-state index in [2.05, 4.69) is 5.32 Å². The van der Waals surface area contributed by atoms with Crippen LogP contribution in [0.1, 0.15) is 24.8 Å². The highest BCUT2D eigenvalue weighted by atomic mass is 32.2. The third kappa shape index (κ3) is 4.96. The number of amides is 1. The number of rotatable bonds is 5. The van der Waals surface area contributed by atoms with Crippen molar-refractivity contribution in [3.8, 4) is 11.5 Å². The molecule has 0 radical (unpaired) electrons. The largest absolute Gasteiger partial charge is 0.452 e. The number of nitrogens with zero attached hydrogens (tertiary/aromatic N) is 2.